The quantitative estimate of drug-likeness (QED) is 0.862. The molecule has 0 aliphatic rings. The van der Waals surface area contributed by atoms with Crippen molar-refractivity contribution in [3.05, 3.63) is 44.8 Å². The maximum absolute atomic E-state index is 5.26. The van der Waals surface area contributed by atoms with E-state index in [4.69, 9.17) is 4.74 Å². The van der Waals surface area contributed by atoms with Gasteiger partial charge in [0.25, 0.3) is 0 Å². The maximum Gasteiger partial charge on any atom is 0.137 e. The molecule has 2 aromatic rings. The van der Waals surface area contributed by atoms with Gasteiger partial charge in [-0.3, -0.25) is 4.98 Å². The Morgan fingerprint density at radius 1 is 1.47 bits per heavy atom. The first-order valence-corrected chi connectivity index (χ1v) is 7.88. The van der Waals surface area contributed by atoms with Crippen molar-refractivity contribution in [1.29, 1.82) is 0 Å². The lowest BCUT2D eigenvalue weighted by Crippen LogP contribution is -2.22. The van der Waals surface area contributed by atoms with Crippen molar-refractivity contribution in [2.24, 2.45) is 0 Å². The van der Waals surface area contributed by atoms with Crippen LogP contribution in [0.4, 0.5) is 0 Å². The van der Waals surface area contributed by atoms with Crippen molar-refractivity contribution in [1.82, 2.24) is 10.3 Å². The van der Waals surface area contributed by atoms with Gasteiger partial charge in [0.15, 0.2) is 0 Å². The van der Waals surface area contributed by atoms with Crippen molar-refractivity contribution in [2.45, 2.75) is 19.4 Å². The molecular weight excluding hydrogens is 324 g/mol. The van der Waals surface area contributed by atoms with E-state index in [2.05, 4.69) is 44.6 Å². The van der Waals surface area contributed by atoms with Crippen LogP contribution in [0, 0.1) is 0 Å². The maximum atomic E-state index is 5.26. The van der Waals surface area contributed by atoms with Gasteiger partial charge in [-0.25, -0.2) is 0 Å². The van der Waals surface area contributed by atoms with Crippen molar-refractivity contribution in [3.63, 3.8) is 0 Å². The average molecular weight is 341 g/mol. The zero-order valence-corrected chi connectivity index (χ0v) is 13.4. The number of aromatic nitrogens is 1. The normalized spacial score (nSPS) is 12.4. The smallest absolute Gasteiger partial charge is 0.137 e. The van der Waals surface area contributed by atoms with Gasteiger partial charge in [-0.2, -0.15) is 0 Å². The number of pyridine rings is 1. The molecule has 0 fully saturated rings. The summed E-state index contributed by atoms with van der Waals surface area (Å²) in [7, 11) is 1.66. The molecule has 19 heavy (non-hydrogen) atoms. The first-order valence-electron chi connectivity index (χ1n) is 6.21. The molecule has 0 saturated heterocycles. The molecule has 0 amide bonds. The molecule has 1 atom stereocenters. The summed E-state index contributed by atoms with van der Waals surface area (Å²) in [4.78, 5) is 5.52. The molecule has 0 aliphatic heterocycles. The standard InChI is InChI=1S/C14H17BrN2OS/c1-3-5-17-13(14-12(15)4-6-19-14)10-7-11(18-2)9-16-8-10/h4,6-9,13,17H,3,5H2,1-2H3. The molecule has 3 nitrogen and oxygen atoms in total. The Hall–Kier alpha value is -0.910. The molecule has 0 spiro atoms. The Kier molecular flexibility index (Phi) is 5.36. The van der Waals surface area contributed by atoms with Gasteiger partial charge in [-0.05, 0) is 52.0 Å². The zero-order chi connectivity index (χ0) is 13.7. The van der Waals surface area contributed by atoms with Gasteiger partial charge in [0, 0.05) is 15.5 Å². The van der Waals surface area contributed by atoms with Crippen LogP contribution < -0.4 is 10.1 Å². The number of nitrogens with one attached hydrogen (secondary N) is 1. The van der Waals surface area contributed by atoms with E-state index in [9.17, 15) is 0 Å². The van der Waals surface area contributed by atoms with E-state index in [0.29, 0.717) is 0 Å². The van der Waals surface area contributed by atoms with Crippen LogP contribution in [0.2, 0.25) is 0 Å². The van der Waals surface area contributed by atoms with Gasteiger partial charge in [-0.1, -0.05) is 6.92 Å². The van der Waals surface area contributed by atoms with Crippen molar-refractivity contribution in [2.75, 3.05) is 13.7 Å². The summed E-state index contributed by atoms with van der Waals surface area (Å²) in [6.07, 6.45) is 4.71. The highest BCUT2D eigenvalue weighted by molar-refractivity contribution is 9.10. The number of halogens is 1. The van der Waals surface area contributed by atoms with E-state index < -0.39 is 0 Å². The van der Waals surface area contributed by atoms with Crippen LogP contribution >= 0.6 is 27.3 Å². The number of rotatable bonds is 6. The minimum absolute atomic E-state index is 0.150. The molecule has 1 N–H and O–H groups in total. The SMILES string of the molecule is CCCNC(c1cncc(OC)c1)c1sccc1Br. The van der Waals surface area contributed by atoms with Crippen LogP contribution in [0.1, 0.15) is 29.8 Å². The van der Waals surface area contributed by atoms with Crippen LogP contribution in [0.15, 0.2) is 34.4 Å². The largest absolute Gasteiger partial charge is 0.495 e. The molecule has 2 heterocycles. The van der Waals surface area contributed by atoms with Crippen molar-refractivity contribution >= 4 is 27.3 Å². The molecule has 102 valence electrons. The number of hydrogen-bond donors (Lipinski definition) is 1. The predicted octanol–water partition coefficient (Wildman–Crippen LogP) is 4.00. The first-order chi connectivity index (χ1) is 9.26. The van der Waals surface area contributed by atoms with E-state index in [1.54, 1.807) is 24.6 Å². The number of methoxy groups -OCH3 is 1. The van der Waals surface area contributed by atoms with Crippen LogP contribution in [0.3, 0.4) is 0 Å². The molecule has 0 bridgehead atoms. The van der Waals surface area contributed by atoms with Crippen LogP contribution in [-0.2, 0) is 0 Å². The minimum Gasteiger partial charge on any atom is -0.495 e. The Labute approximate surface area is 126 Å². The lowest BCUT2D eigenvalue weighted by atomic mass is 10.1. The van der Waals surface area contributed by atoms with E-state index >= 15 is 0 Å². The van der Waals surface area contributed by atoms with Gasteiger partial charge in [0.05, 0.1) is 19.3 Å². The van der Waals surface area contributed by atoms with Crippen LogP contribution in [0.25, 0.3) is 0 Å². The monoisotopic (exact) mass is 340 g/mol. The molecule has 0 aliphatic carbocycles. The number of ether oxygens (including phenoxy) is 1. The molecule has 2 rings (SSSR count). The van der Waals surface area contributed by atoms with Crippen LogP contribution in [-0.4, -0.2) is 18.6 Å². The van der Waals surface area contributed by atoms with E-state index in [0.717, 1.165) is 28.8 Å². The zero-order valence-electron chi connectivity index (χ0n) is 11.0. The van der Waals surface area contributed by atoms with Gasteiger partial charge in [0.2, 0.25) is 0 Å². The summed E-state index contributed by atoms with van der Waals surface area (Å²) in [5.74, 6) is 0.786. The van der Waals surface area contributed by atoms with E-state index in [1.165, 1.54) is 4.88 Å². The topological polar surface area (TPSA) is 34.2 Å². The van der Waals surface area contributed by atoms with Gasteiger partial charge < -0.3 is 10.1 Å². The second-order valence-electron chi connectivity index (χ2n) is 4.18. The Morgan fingerprint density at radius 3 is 2.95 bits per heavy atom. The summed E-state index contributed by atoms with van der Waals surface area (Å²) in [6, 6.07) is 4.26. The second-order valence-corrected chi connectivity index (χ2v) is 5.98. The number of thiophene rings is 1. The van der Waals surface area contributed by atoms with Gasteiger partial charge in [-0.15, -0.1) is 11.3 Å². The summed E-state index contributed by atoms with van der Waals surface area (Å²) in [5.41, 5.74) is 1.12. The fourth-order valence-electron chi connectivity index (χ4n) is 1.87. The molecule has 1 unspecified atom stereocenters. The Balaban J connectivity index is 2.34. The third-order valence-corrected chi connectivity index (χ3v) is 4.74. The highest BCUT2D eigenvalue weighted by Crippen LogP contribution is 2.33. The van der Waals surface area contributed by atoms with Crippen molar-refractivity contribution < 1.29 is 4.74 Å². The summed E-state index contributed by atoms with van der Waals surface area (Å²) in [6.45, 7) is 3.13. The lowest BCUT2D eigenvalue weighted by Gasteiger charge is -2.18. The Bertz CT molecular complexity index is 530. The molecule has 0 radical (unpaired) electrons. The second kappa shape index (κ2) is 7.03. The first kappa shape index (κ1) is 14.5. The van der Waals surface area contributed by atoms with Crippen molar-refractivity contribution in [3.8, 4) is 5.75 Å². The molecule has 5 heteroatoms. The van der Waals surface area contributed by atoms with Gasteiger partial charge >= 0.3 is 0 Å². The highest BCUT2D eigenvalue weighted by Gasteiger charge is 2.18. The molecule has 2 aromatic heterocycles. The minimum atomic E-state index is 0.150. The third kappa shape index (κ3) is 3.55. The predicted molar refractivity (Wildman–Crippen MR) is 82.9 cm³/mol. The highest BCUT2D eigenvalue weighted by atomic mass is 79.9. The van der Waals surface area contributed by atoms with E-state index in [-0.39, 0.29) is 6.04 Å². The van der Waals surface area contributed by atoms with Gasteiger partial charge in [0.1, 0.15) is 5.75 Å². The number of hydrogen-bond acceptors (Lipinski definition) is 4. The Morgan fingerprint density at radius 2 is 2.32 bits per heavy atom. The lowest BCUT2D eigenvalue weighted by molar-refractivity contribution is 0.411. The molecular formula is C14H17BrN2OS. The summed E-state index contributed by atoms with van der Waals surface area (Å²) in [5, 5.41) is 5.66. The third-order valence-electron chi connectivity index (χ3n) is 2.81. The average Bonchev–Trinajstić information content (AvgIpc) is 2.86. The fourth-order valence-corrected chi connectivity index (χ4v) is 3.57. The summed E-state index contributed by atoms with van der Waals surface area (Å²) < 4.78 is 6.39. The molecule has 0 aromatic carbocycles. The van der Waals surface area contributed by atoms with E-state index in [1.807, 2.05) is 12.3 Å². The number of nitrogens with zero attached hydrogens (tertiary/aromatic N) is 1. The summed E-state index contributed by atoms with van der Waals surface area (Å²) >= 11 is 5.35. The fraction of sp³-hybridized carbons (Fsp3) is 0.357. The van der Waals surface area contributed by atoms with Crippen LogP contribution in [0.5, 0.6) is 5.75 Å². The molecule has 0 saturated carbocycles.